The molecule has 0 spiro atoms. The number of H-pyrrole nitrogens is 1. The summed E-state index contributed by atoms with van der Waals surface area (Å²) >= 11 is 7.55. The Kier molecular flexibility index (Phi) is 12.1. The minimum atomic E-state index is -0.294. The average Bonchev–Trinajstić information content (AvgIpc) is 3.64. The maximum absolute atomic E-state index is 14.2. The number of carbonyl (C=O) groups is 1. The third kappa shape index (κ3) is 9.22. The van der Waals surface area contributed by atoms with Crippen molar-refractivity contribution >= 4 is 29.3 Å². The summed E-state index contributed by atoms with van der Waals surface area (Å²) in [6.07, 6.45) is 5.30. The Hall–Kier alpha value is -4.18. The molecule has 1 N–H and O–H groups in total. The number of aromatic amines is 1. The number of rotatable bonds is 15. The van der Waals surface area contributed by atoms with Gasteiger partial charge in [-0.1, -0.05) is 111 Å². The summed E-state index contributed by atoms with van der Waals surface area (Å²) in [7, 11) is 0. The summed E-state index contributed by atoms with van der Waals surface area (Å²) in [5, 5.41) is 8.11. The Morgan fingerprint density at radius 1 is 0.936 bits per heavy atom. The van der Waals surface area contributed by atoms with E-state index < -0.39 is 0 Å². The van der Waals surface area contributed by atoms with E-state index >= 15 is 0 Å². The fourth-order valence-electron chi connectivity index (χ4n) is 5.42. The molecule has 5 rings (SSSR count). The molecular formula is C37H41ClN6O2S. The number of hydrogen-bond acceptors (Lipinski definition) is 6. The summed E-state index contributed by atoms with van der Waals surface area (Å²) < 4.78 is 1.84. The fraction of sp³-hybridized carbons (Fsp3) is 0.297. The smallest absolute Gasteiger partial charge is 0.277 e. The molecule has 0 bridgehead atoms. The van der Waals surface area contributed by atoms with Crippen molar-refractivity contribution in [3.05, 3.63) is 135 Å². The highest BCUT2D eigenvalue weighted by atomic mass is 35.5. The number of thioether (sulfide) groups is 1. The molecule has 5 aromatic rings. The number of nitrogens with zero attached hydrogens (tertiary/aromatic N) is 5. The molecule has 1 amide bonds. The first-order valence-corrected chi connectivity index (χ1v) is 17.3. The molecule has 3 aromatic carbocycles. The first kappa shape index (κ1) is 34.2. The number of carbonyl (C=O) groups excluding carboxylic acids is 1. The van der Waals surface area contributed by atoms with Gasteiger partial charge in [-0.15, -0.1) is 0 Å². The van der Waals surface area contributed by atoms with Gasteiger partial charge in [0.2, 0.25) is 5.91 Å². The molecule has 0 aliphatic carbocycles. The molecule has 0 fully saturated rings. The number of hydrogen-bond donors (Lipinski definition) is 1. The Morgan fingerprint density at radius 3 is 2.26 bits per heavy atom. The molecule has 244 valence electrons. The van der Waals surface area contributed by atoms with Crippen molar-refractivity contribution in [2.24, 2.45) is 0 Å². The molecule has 0 aliphatic heterocycles. The second-order valence-corrected chi connectivity index (χ2v) is 12.9. The van der Waals surface area contributed by atoms with Crippen molar-refractivity contribution in [1.29, 1.82) is 0 Å². The molecule has 8 nitrogen and oxygen atoms in total. The van der Waals surface area contributed by atoms with Gasteiger partial charge in [-0.25, -0.2) is 0 Å². The van der Waals surface area contributed by atoms with Gasteiger partial charge in [-0.05, 0) is 53.0 Å². The van der Waals surface area contributed by atoms with Crippen LogP contribution in [0.4, 0.5) is 0 Å². The lowest BCUT2D eigenvalue weighted by atomic mass is 9.98. The Balaban J connectivity index is 1.42. The zero-order chi connectivity index (χ0) is 33.2. The van der Waals surface area contributed by atoms with E-state index in [2.05, 4.69) is 58.2 Å². The average molecular weight is 669 g/mol. The lowest BCUT2D eigenvalue weighted by Gasteiger charge is -2.27. The first-order chi connectivity index (χ1) is 22.8. The molecule has 1 atom stereocenters. The molecule has 10 heteroatoms. The van der Waals surface area contributed by atoms with E-state index in [9.17, 15) is 9.59 Å². The van der Waals surface area contributed by atoms with E-state index in [4.69, 9.17) is 11.6 Å². The maximum Gasteiger partial charge on any atom is 0.277 e. The van der Waals surface area contributed by atoms with Gasteiger partial charge < -0.3 is 14.4 Å². The highest BCUT2D eigenvalue weighted by Crippen LogP contribution is 2.25. The van der Waals surface area contributed by atoms with Crippen molar-refractivity contribution in [3.63, 3.8) is 0 Å². The van der Waals surface area contributed by atoms with Crippen LogP contribution >= 0.6 is 23.4 Å². The van der Waals surface area contributed by atoms with Gasteiger partial charge in [0.15, 0.2) is 5.16 Å². The van der Waals surface area contributed by atoms with Crippen molar-refractivity contribution in [1.82, 2.24) is 29.5 Å². The van der Waals surface area contributed by atoms with Crippen LogP contribution in [-0.2, 0) is 23.6 Å². The van der Waals surface area contributed by atoms with Crippen LogP contribution in [0.1, 0.15) is 48.9 Å². The van der Waals surface area contributed by atoms with E-state index in [0.29, 0.717) is 34.6 Å². The van der Waals surface area contributed by atoms with E-state index in [1.807, 2.05) is 77.2 Å². The number of likely N-dealkylation sites (N-methyl/N-ethyl adjacent to an activating group) is 1. The standard InChI is InChI=1S/C37H41ClN6O2S/c1-4-42(5-2)19-20-43(23-28-11-13-30(14-12-28)31-15-17-33(38)18-16-31)35(45)25-44-24-34(27(3)32-21-39-40-22-32)36(46)41-37(44)47-26-29-9-7-6-8-10-29/h6-18,21-22,24,27H,4-5,19-20,23,25-26H2,1-3H3,(H,39,40). The molecule has 1 unspecified atom stereocenters. The molecule has 0 saturated carbocycles. The molecular weight excluding hydrogens is 628 g/mol. The molecule has 47 heavy (non-hydrogen) atoms. The van der Waals surface area contributed by atoms with Crippen LogP contribution < -0.4 is 5.56 Å². The SMILES string of the molecule is CCN(CC)CCN(Cc1ccc(-c2ccc(Cl)cc2)cc1)C(=O)Cn1cc(C(C)c2cn[nH]c2)c(=O)nc1SCc1ccccc1. The summed E-state index contributed by atoms with van der Waals surface area (Å²) in [6, 6.07) is 26.2. The van der Waals surface area contributed by atoms with Crippen molar-refractivity contribution in [2.75, 3.05) is 26.2 Å². The minimum Gasteiger partial charge on any atom is -0.336 e. The van der Waals surface area contributed by atoms with E-state index in [1.165, 1.54) is 11.8 Å². The van der Waals surface area contributed by atoms with Crippen molar-refractivity contribution < 1.29 is 4.79 Å². The van der Waals surface area contributed by atoms with E-state index in [1.54, 1.807) is 12.4 Å². The molecule has 0 saturated heterocycles. The third-order valence-electron chi connectivity index (χ3n) is 8.43. The van der Waals surface area contributed by atoms with Crippen LogP contribution in [0, 0.1) is 0 Å². The quantitative estimate of drug-likeness (QED) is 0.0946. The van der Waals surface area contributed by atoms with Gasteiger partial charge >= 0.3 is 0 Å². The number of benzene rings is 3. The normalized spacial score (nSPS) is 11.9. The molecule has 0 aliphatic rings. The highest BCUT2D eigenvalue weighted by Gasteiger charge is 2.21. The number of nitrogens with one attached hydrogen (secondary N) is 1. The van der Waals surface area contributed by atoms with Crippen molar-refractivity contribution in [3.8, 4) is 11.1 Å². The maximum atomic E-state index is 14.2. The topological polar surface area (TPSA) is 87.1 Å². The van der Waals surface area contributed by atoms with Crippen LogP contribution in [0.15, 0.2) is 107 Å². The van der Waals surface area contributed by atoms with Crippen LogP contribution in [0.5, 0.6) is 0 Å². The first-order valence-electron chi connectivity index (χ1n) is 16.0. The largest absolute Gasteiger partial charge is 0.336 e. The van der Waals surface area contributed by atoms with Crippen molar-refractivity contribution in [2.45, 2.75) is 50.7 Å². The lowest BCUT2D eigenvalue weighted by molar-refractivity contribution is -0.132. The van der Waals surface area contributed by atoms with Gasteiger partial charge in [0.25, 0.3) is 5.56 Å². The summed E-state index contributed by atoms with van der Waals surface area (Å²) in [6.45, 7) is 9.93. The highest BCUT2D eigenvalue weighted by molar-refractivity contribution is 7.98. The predicted octanol–water partition coefficient (Wildman–Crippen LogP) is 7.10. The number of amides is 1. The number of halogens is 1. The van der Waals surface area contributed by atoms with Gasteiger partial charge in [0.05, 0.1) is 6.20 Å². The Bertz CT molecular complexity index is 1770. The van der Waals surface area contributed by atoms with E-state index in [0.717, 1.165) is 47.5 Å². The fourth-order valence-corrected chi connectivity index (χ4v) is 6.47. The summed E-state index contributed by atoms with van der Waals surface area (Å²) in [4.78, 5) is 36.3. The Morgan fingerprint density at radius 2 is 1.62 bits per heavy atom. The van der Waals surface area contributed by atoms with E-state index in [-0.39, 0.29) is 23.9 Å². The zero-order valence-corrected chi connectivity index (χ0v) is 28.7. The predicted molar refractivity (Wildman–Crippen MR) is 191 cm³/mol. The molecule has 0 radical (unpaired) electrons. The lowest BCUT2D eigenvalue weighted by Crippen LogP contribution is -2.40. The van der Waals surface area contributed by atoms with Crippen LogP contribution in [0.3, 0.4) is 0 Å². The molecule has 2 aromatic heterocycles. The molecule has 2 heterocycles. The van der Waals surface area contributed by atoms with Crippen LogP contribution in [0.25, 0.3) is 11.1 Å². The van der Waals surface area contributed by atoms with Gasteiger partial charge in [-0.2, -0.15) is 10.1 Å². The third-order valence-corrected chi connectivity index (χ3v) is 9.74. The van der Waals surface area contributed by atoms with Gasteiger partial charge in [0.1, 0.15) is 6.54 Å². The summed E-state index contributed by atoms with van der Waals surface area (Å²) in [5.41, 5.74) is 5.44. The monoisotopic (exact) mass is 668 g/mol. The van der Waals surface area contributed by atoms with Gasteiger partial charge in [-0.3, -0.25) is 14.7 Å². The second kappa shape index (κ2) is 16.6. The van der Waals surface area contributed by atoms with Crippen LogP contribution in [-0.4, -0.2) is 61.6 Å². The summed E-state index contributed by atoms with van der Waals surface area (Å²) in [5.74, 6) is 0.359. The Labute approximate surface area is 285 Å². The second-order valence-electron chi connectivity index (χ2n) is 11.5. The van der Waals surface area contributed by atoms with Crippen LogP contribution in [0.2, 0.25) is 5.02 Å². The zero-order valence-electron chi connectivity index (χ0n) is 27.1. The number of aromatic nitrogens is 4. The van der Waals surface area contributed by atoms with Gasteiger partial charge in [0, 0.05) is 54.3 Å². The minimum absolute atomic E-state index is 0.0344.